The van der Waals surface area contributed by atoms with E-state index in [1.54, 1.807) is 0 Å². The van der Waals surface area contributed by atoms with Gasteiger partial charge in [0.25, 0.3) is 0 Å². The number of anilines is 1. The van der Waals surface area contributed by atoms with Crippen LogP contribution in [0.5, 0.6) is 0 Å². The number of hydrogen-bond donors (Lipinski definition) is 0. The number of aryl methyl sites for hydroxylation is 1. The van der Waals surface area contributed by atoms with Gasteiger partial charge in [0.2, 0.25) is 0 Å². The number of nitriles is 1. The summed E-state index contributed by atoms with van der Waals surface area (Å²) in [7, 11) is 0. The lowest BCUT2D eigenvalue weighted by molar-refractivity contribution is 0.615. The van der Waals surface area contributed by atoms with Crippen LogP contribution in [0.25, 0.3) is 0 Å². The van der Waals surface area contributed by atoms with Gasteiger partial charge in [0.1, 0.15) is 0 Å². The molecule has 0 radical (unpaired) electrons. The molecule has 1 heterocycles. The van der Waals surface area contributed by atoms with Crippen molar-refractivity contribution >= 4 is 5.69 Å². The third kappa shape index (κ3) is 1.70. The van der Waals surface area contributed by atoms with Gasteiger partial charge in [-0.05, 0) is 31.9 Å². The van der Waals surface area contributed by atoms with Crippen molar-refractivity contribution in [2.75, 3.05) is 11.4 Å². The highest BCUT2D eigenvalue weighted by molar-refractivity contribution is 5.54. The molecule has 1 aliphatic heterocycles. The summed E-state index contributed by atoms with van der Waals surface area (Å²) in [4.78, 5) is 2.35. The van der Waals surface area contributed by atoms with E-state index in [2.05, 4.69) is 49.1 Å². The van der Waals surface area contributed by atoms with Crippen LogP contribution in [0.4, 0.5) is 5.69 Å². The van der Waals surface area contributed by atoms with Gasteiger partial charge in [-0.25, -0.2) is 0 Å². The van der Waals surface area contributed by atoms with Gasteiger partial charge in [0.15, 0.2) is 0 Å². The van der Waals surface area contributed by atoms with Crippen molar-refractivity contribution in [2.24, 2.45) is 5.92 Å². The molecule has 0 aromatic heterocycles. The Morgan fingerprint density at radius 1 is 1.40 bits per heavy atom. The highest BCUT2D eigenvalue weighted by Crippen LogP contribution is 2.31. The fraction of sp³-hybridized carbons (Fsp3) is 0.462. The molecule has 15 heavy (non-hydrogen) atoms. The second kappa shape index (κ2) is 3.94. The van der Waals surface area contributed by atoms with E-state index in [4.69, 9.17) is 5.26 Å². The zero-order chi connectivity index (χ0) is 10.8. The average molecular weight is 200 g/mol. The first-order valence-corrected chi connectivity index (χ1v) is 5.46. The van der Waals surface area contributed by atoms with E-state index in [0.29, 0.717) is 6.04 Å². The third-order valence-electron chi connectivity index (χ3n) is 3.35. The SMILES string of the molecule is Cc1ccccc1N1CCC(C#N)C1C. The van der Waals surface area contributed by atoms with Crippen molar-refractivity contribution in [1.82, 2.24) is 0 Å². The van der Waals surface area contributed by atoms with Crippen LogP contribution in [0, 0.1) is 24.2 Å². The van der Waals surface area contributed by atoms with Gasteiger partial charge in [-0.2, -0.15) is 5.26 Å². The molecule has 0 N–H and O–H groups in total. The minimum Gasteiger partial charge on any atom is -0.367 e. The van der Waals surface area contributed by atoms with Crippen LogP contribution in [-0.4, -0.2) is 12.6 Å². The number of rotatable bonds is 1. The van der Waals surface area contributed by atoms with Crippen molar-refractivity contribution in [3.63, 3.8) is 0 Å². The van der Waals surface area contributed by atoms with Crippen LogP contribution >= 0.6 is 0 Å². The van der Waals surface area contributed by atoms with Crippen LogP contribution in [0.3, 0.4) is 0 Å². The Morgan fingerprint density at radius 3 is 2.73 bits per heavy atom. The molecule has 1 fully saturated rings. The molecule has 2 atom stereocenters. The van der Waals surface area contributed by atoms with Crippen LogP contribution in [0.2, 0.25) is 0 Å². The minimum absolute atomic E-state index is 0.185. The maximum Gasteiger partial charge on any atom is 0.0681 e. The second-order valence-corrected chi connectivity index (χ2v) is 4.24. The van der Waals surface area contributed by atoms with E-state index in [9.17, 15) is 0 Å². The van der Waals surface area contributed by atoms with Gasteiger partial charge in [-0.15, -0.1) is 0 Å². The zero-order valence-corrected chi connectivity index (χ0v) is 9.27. The third-order valence-corrected chi connectivity index (χ3v) is 3.35. The fourth-order valence-corrected chi connectivity index (χ4v) is 2.34. The van der Waals surface area contributed by atoms with Gasteiger partial charge < -0.3 is 4.90 Å². The highest BCUT2D eigenvalue weighted by atomic mass is 15.2. The number of hydrogen-bond acceptors (Lipinski definition) is 2. The van der Waals surface area contributed by atoms with Crippen LogP contribution < -0.4 is 4.90 Å². The topological polar surface area (TPSA) is 27.0 Å². The van der Waals surface area contributed by atoms with Crippen molar-refractivity contribution < 1.29 is 0 Å². The normalized spacial score (nSPS) is 25.3. The summed E-state index contributed by atoms with van der Waals surface area (Å²) in [6.07, 6.45) is 0.992. The Kier molecular flexibility index (Phi) is 2.64. The maximum atomic E-state index is 8.99. The van der Waals surface area contributed by atoms with Gasteiger partial charge in [0.05, 0.1) is 12.0 Å². The van der Waals surface area contributed by atoms with E-state index < -0.39 is 0 Å². The van der Waals surface area contributed by atoms with Gasteiger partial charge >= 0.3 is 0 Å². The lowest BCUT2D eigenvalue weighted by Crippen LogP contribution is -2.29. The second-order valence-electron chi connectivity index (χ2n) is 4.24. The molecule has 0 aliphatic carbocycles. The predicted molar refractivity (Wildman–Crippen MR) is 61.7 cm³/mol. The highest BCUT2D eigenvalue weighted by Gasteiger charge is 2.31. The van der Waals surface area contributed by atoms with Crippen molar-refractivity contribution in [2.45, 2.75) is 26.3 Å². The standard InChI is InChI=1S/C13H16N2/c1-10-5-3-4-6-13(10)15-8-7-12(9-14)11(15)2/h3-6,11-12H,7-8H2,1-2H3. The lowest BCUT2D eigenvalue weighted by atomic mass is 10.0. The summed E-state index contributed by atoms with van der Waals surface area (Å²) in [5, 5.41) is 8.99. The quantitative estimate of drug-likeness (QED) is 0.697. The lowest BCUT2D eigenvalue weighted by Gasteiger charge is -2.26. The molecule has 1 saturated heterocycles. The van der Waals surface area contributed by atoms with E-state index in [1.807, 2.05) is 0 Å². The van der Waals surface area contributed by atoms with Gasteiger partial charge in [-0.3, -0.25) is 0 Å². The average Bonchev–Trinajstić information content (AvgIpc) is 2.60. The molecule has 0 spiro atoms. The van der Waals surface area contributed by atoms with Crippen LogP contribution in [0.1, 0.15) is 18.9 Å². The molecule has 1 aliphatic rings. The molecule has 2 rings (SSSR count). The molecule has 0 saturated carbocycles. The van der Waals surface area contributed by atoms with E-state index >= 15 is 0 Å². The monoisotopic (exact) mass is 200 g/mol. The Balaban J connectivity index is 2.27. The van der Waals surface area contributed by atoms with Gasteiger partial charge in [-0.1, -0.05) is 18.2 Å². The molecule has 0 bridgehead atoms. The molecular weight excluding hydrogens is 184 g/mol. The van der Waals surface area contributed by atoms with E-state index in [-0.39, 0.29) is 5.92 Å². The Labute approximate surface area is 91.1 Å². The molecule has 0 amide bonds. The Bertz CT molecular complexity index is 392. The fourth-order valence-electron chi connectivity index (χ4n) is 2.34. The largest absolute Gasteiger partial charge is 0.367 e. The molecule has 1 aromatic rings. The Hall–Kier alpha value is -1.49. The molecular formula is C13H16N2. The van der Waals surface area contributed by atoms with Crippen molar-refractivity contribution in [1.29, 1.82) is 5.26 Å². The first-order valence-electron chi connectivity index (χ1n) is 5.46. The number of nitrogens with zero attached hydrogens (tertiary/aromatic N) is 2. The van der Waals surface area contributed by atoms with Crippen LogP contribution in [-0.2, 0) is 0 Å². The van der Waals surface area contributed by atoms with E-state index in [0.717, 1.165) is 13.0 Å². The first kappa shape index (κ1) is 10.0. The first-order chi connectivity index (χ1) is 7.24. The smallest absolute Gasteiger partial charge is 0.0681 e. The van der Waals surface area contributed by atoms with Crippen LogP contribution in [0.15, 0.2) is 24.3 Å². The zero-order valence-electron chi connectivity index (χ0n) is 9.27. The minimum atomic E-state index is 0.185. The van der Waals surface area contributed by atoms with E-state index in [1.165, 1.54) is 11.3 Å². The number of benzene rings is 1. The predicted octanol–water partition coefficient (Wildman–Crippen LogP) is 2.73. The van der Waals surface area contributed by atoms with Gasteiger partial charge in [0, 0.05) is 18.3 Å². The molecule has 1 aromatic carbocycles. The van der Waals surface area contributed by atoms with Crippen molar-refractivity contribution in [3.8, 4) is 6.07 Å². The molecule has 78 valence electrons. The summed E-state index contributed by atoms with van der Waals surface area (Å²) in [5.74, 6) is 0.185. The molecule has 2 heteroatoms. The Morgan fingerprint density at radius 2 is 2.13 bits per heavy atom. The summed E-state index contributed by atoms with van der Waals surface area (Å²) in [5.41, 5.74) is 2.57. The summed E-state index contributed by atoms with van der Waals surface area (Å²) < 4.78 is 0. The maximum absolute atomic E-state index is 8.99. The summed E-state index contributed by atoms with van der Waals surface area (Å²) in [6, 6.07) is 11.1. The summed E-state index contributed by atoms with van der Waals surface area (Å²) in [6.45, 7) is 5.28. The molecule has 2 unspecified atom stereocenters. The summed E-state index contributed by atoms with van der Waals surface area (Å²) >= 11 is 0. The number of para-hydroxylation sites is 1. The molecule has 2 nitrogen and oxygen atoms in total. The van der Waals surface area contributed by atoms with Crippen molar-refractivity contribution in [3.05, 3.63) is 29.8 Å².